The predicted octanol–water partition coefficient (Wildman–Crippen LogP) is 0.0389. The number of phenolic OH excluding ortho intramolecular Hbond substituents is 1. The van der Waals surface area contributed by atoms with Gasteiger partial charge in [-0.05, 0) is 24.1 Å². The minimum Gasteiger partial charge on any atom is -0.508 e. The van der Waals surface area contributed by atoms with Gasteiger partial charge < -0.3 is 20.4 Å². The van der Waals surface area contributed by atoms with Crippen LogP contribution >= 0.6 is 0 Å². The molecule has 0 bridgehead atoms. The van der Waals surface area contributed by atoms with Crippen LogP contribution in [0.15, 0.2) is 24.3 Å². The molecule has 1 aromatic carbocycles. The number of phenols is 1. The second-order valence-electron chi connectivity index (χ2n) is 3.52. The molecule has 0 aliphatic rings. The third-order valence-electron chi connectivity index (χ3n) is 2.22. The maximum Gasteiger partial charge on any atom is 0.115 e. The number of rotatable bonds is 5. The molecular weight excluding hydrogens is 196 g/mol. The molecule has 2 unspecified atom stereocenters. The van der Waals surface area contributed by atoms with Crippen LogP contribution in [-0.2, 0) is 6.42 Å². The summed E-state index contributed by atoms with van der Waals surface area (Å²) in [6, 6.07) is 6.51. The standard InChI is InChI=1S/C11H16O4/c12-5-4-10(14)11(15)7-8-2-1-3-9(13)6-8/h1-3,6,10-15H,4-5,7H2. The van der Waals surface area contributed by atoms with Crippen LogP contribution in [0.5, 0.6) is 5.75 Å². The summed E-state index contributed by atoms with van der Waals surface area (Å²) < 4.78 is 0. The molecule has 0 fully saturated rings. The van der Waals surface area contributed by atoms with Crippen molar-refractivity contribution in [2.75, 3.05) is 6.61 Å². The van der Waals surface area contributed by atoms with Gasteiger partial charge in [-0.3, -0.25) is 0 Å². The summed E-state index contributed by atoms with van der Waals surface area (Å²) in [5.41, 5.74) is 0.750. The molecule has 0 spiro atoms. The van der Waals surface area contributed by atoms with E-state index in [1.165, 1.54) is 6.07 Å². The Kier molecular flexibility index (Phi) is 4.55. The van der Waals surface area contributed by atoms with Crippen molar-refractivity contribution >= 4 is 0 Å². The summed E-state index contributed by atoms with van der Waals surface area (Å²) in [5.74, 6) is 0.136. The maximum atomic E-state index is 9.55. The van der Waals surface area contributed by atoms with Crippen molar-refractivity contribution < 1.29 is 20.4 Å². The van der Waals surface area contributed by atoms with Gasteiger partial charge in [0.05, 0.1) is 12.2 Å². The second kappa shape index (κ2) is 5.70. The van der Waals surface area contributed by atoms with Crippen molar-refractivity contribution in [3.63, 3.8) is 0 Å². The fourth-order valence-corrected chi connectivity index (χ4v) is 1.39. The number of hydrogen-bond acceptors (Lipinski definition) is 4. The van der Waals surface area contributed by atoms with Gasteiger partial charge in [0, 0.05) is 13.0 Å². The van der Waals surface area contributed by atoms with Crippen molar-refractivity contribution in [3.8, 4) is 5.75 Å². The number of aliphatic hydroxyl groups is 3. The Balaban J connectivity index is 2.54. The first kappa shape index (κ1) is 12.0. The summed E-state index contributed by atoms with van der Waals surface area (Å²) in [6.07, 6.45) is -1.44. The number of benzene rings is 1. The largest absolute Gasteiger partial charge is 0.508 e. The van der Waals surface area contributed by atoms with Gasteiger partial charge in [-0.15, -0.1) is 0 Å². The minimum atomic E-state index is -0.933. The molecule has 1 rings (SSSR count). The SMILES string of the molecule is OCCC(O)C(O)Cc1cccc(O)c1. The van der Waals surface area contributed by atoms with Crippen LogP contribution in [0.3, 0.4) is 0 Å². The van der Waals surface area contributed by atoms with E-state index in [9.17, 15) is 15.3 Å². The predicted molar refractivity (Wildman–Crippen MR) is 55.5 cm³/mol. The van der Waals surface area contributed by atoms with Crippen LogP contribution in [-0.4, -0.2) is 39.2 Å². The molecule has 0 amide bonds. The first-order valence-electron chi connectivity index (χ1n) is 4.88. The molecule has 15 heavy (non-hydrogen) atoms. The fourth-order valence-electron chi connectivity index (χ4n) is 1.39. The third-order valence-corrected chi connectivity index (χ3v) is 2.22. The minimum absolute atomic E-state index is 0.136. The van der Waals surface area contributed by atoms with Gasteiger partial charge in [0.15, 0.2) is 0 Å². The number of hydrogen-bond donors (Lipinski definition) is 4. The van der Waals surface area contributed by atoms with E-state index in [1.807, 2.05) is 0 Å². The Morgan fingerprint density at radius 1 is 1.13 bits per heavy atom. The van der Waals surface area contributed by atoms with Crippen molar-refractivity contribution in [3.05, 3.63) is 29.8 Å². The Morgan fingerprint density at radius 2 is 1.87 bits per heavy atom. The van der Waals surface area contributed by atoms with Gasteiger partial charge >= 0.3 is 0 Å². The molecule has 4 nitrogen and oxygen atoms in total. The average molecular weight is 212 g/mol. The lowest BCUT2D eigenvalue weighted by Gasteiger charge is -2.16. The molecule has 84 valence electrons. The van der Waals surface area contributed by atoms with E-state index in [1.54, 1.807) is 18.2 Å². The highest BCUT2D eigenvalue weighted by atomic mass is 16.3. The Hall–Kier alpha value is -1.10. The summed E-state index contributed by atoms with van der Waals surface area (Å²) in [5, 5.41) is 36.7. The van der Waals surface area contributed by atoms with Crippen molar-refractivity contribution in [2.45, 2.75) is 25.0 Å². The number of aromatic hydroxyl groups is 1. The molecule has 0 saturated heterocycles. The highest BCUT2D eigenvalue weighted by Gasteiger charge is 2.15. The van der Waals surface area contributed by atoms with Crippen LogP contribution in [0.1, 0.15) is 12.0 Å². The topological polar surface area (TPSA) is 80.9 Å². The first-order chi connectivity index (χ1) is 7.13. The van der Waals surface area contributed by atoms with E-state index < -0.39 is 12.2 Å². The highest BCUT2D eigenvalue weighted by Crippen LogP contribution is 2.14. The van der Waals surface area contributed by atoms with Gasteiger partial charge in [-0.1, -0.05) is 12.1 Å². The van der Waals surface area contributed by atoms with Crippen LogP contribution in [0.25, 0.3) is 0 Å². The zero-order valence-electron chi connectivity index (χ0n) is 8.37. The molecule has 2 atom stereocenters. The Morgan fingerprint density at radius 3 is 2.47 bits per heavy atom. The van der Waals surface area contributed by atoms with Crippen molar-refractivity contribution in [2.24, 2.45) is 0 Å². The highest BCUT2D eigenvalue weighted by molar-refractivity contribution is 5.27. The number of aliphatic hydroxyl groups excluding tert-OH is 3. The summed E-state index contributed by atoms with van der Waals surface area (Å²) in [6.45, 7) is -0.154. The molecule has 0 heterocycles. The molecule has 4 N–H and O–H groups in total. The van der Waals surface area contributed by atoms with Crippen molar-refractivity contribution in [1.29, 1.82) is 0 Å². The molecular formula is C11H16O4. The van der Waals surface area contributed by atoms with E-state index in [2.05, 4.69) is 0 Å². The second-order valence-corrected chi connectivity index (χ2v) is 3.52. The van der Waals surface area contributed by atoms with Crippen LogP contribution in [0.2, 0.25) is 0 Å². The Bertz CT molecular complexity index is 300. The summed E-state index contributed by atoms with van der Waals surface area (Å²) in [7, 11) is 0. The normalized spacial score (nSPS) is 14.9. The smallest absolute Gasteiger partial charge is 0.115 e. The van der Waals surface area contributed by atoms with Gasteiger partial charge in [0.2, 0.25) is 0 Å². The average Bonchev–Trinajstić information content (AvgIpc) is 2.18. The molecule has 1 aromatic rings. The lowest BCUT2D eigenvalue weighted by Crippen LogP contribution is -2.28. The van der Waals surface area contributed by atoms with E-state index in [-0.39, 0.29) is 25.2 Å². The molecule has 0 saturated carbocycles. The van der Waals surface area contributed by atoms with Gasteiger partial charge in [0.25, 0.3) is 0 Å². The monoisotopic (exact) mass is 212 g/mol. The van der Waals surface area contributed by atoms with E-state index in [0.717, 1.165) is 5.56 Å². The lowest BCUT2D eigenvalue weighted by molar-refractivity contribution is 0.00598. The maximum absolute atomic E-state index is 9.55. The van der Waals surface area contributed by atoms with E-state index in [0.29, 0.717) is 0 Å². The molecule has 0 aromatic heterocycles. The quantitative estimate of drug-likeness (QED) is 0.555. The van der Waals surface area contributed by atoms with Gasteiger partial charge in [-0.2, -0.15) is 0 Å². The molecule has 0 radical (unpaired) electrons. The van der Waals surface area contributed by atoms with Crippen molar-refractivity contribution in [1.82, 2.24) is 0 Å². The summed E-state index contributed by atoms with van der Waals surface area (Å²) in [4.78, 5) is 0. The van der Waals surface area contributed by atoms with Crippen LogP contribution in [0, 0.1) is 0 Å². The van der Waals surface area contributed by atoms with Gasteiger partial charge in [-0.25, -0.2) is 0 Å². The lowest BCUT2D eigenvalue weighted by atomic mass is 10.0. The zero-order chi connectivity index (χ0) is 11.3. The first-order valence-corrected chi connectivity index (χ1v) is 4.88. The summed E-state index contributed by atoms with van der Waals surface area (Å²) >= 11 is 0. The Labute approximate surface area is 88.4 Å². The molecule has 0 aliphatic carbocycles. The molecule has 0 aliphatic heterocycles. The fraction of sp³-hybridized carbons (Fsp3) is 0.455. The van der Waals surface area contributed by atoms with Crippen LogP contribution in [0.4, 0.5) is 0 Å². The van der Waals surface area contributed by atoms with Crippen LogP contribution < -0.4 is 0 Å². The molecule has 4 heteroatoms. The van der Waals surface area contributed by atoms with E-state index in [4.69, 9.17) is 5.11 Å². The zero-order valence-corrected chi connectivity index (χ0v) is 8.37. The van der Waals surface area contributed by atoms with Gasteiger partial charge in [0.1, 0.15) is 5.75 Å². The van der Waals surface area contributed by atoms with E-state index >= 15 is 0 Å². The third kappa shape index (κ3) is 3.87.